The molecule has 1 aromatic carbocycles. The maximum atomic E-state index is 12.4. The molecule has 0 spiro atoms. The van der Waals surface area contributed by atoms with Gasteiger partial charge in [-0.25, -0.2) is 4.39 Å². The van der Waals surface area contributed by atoms with E-state index in [0.29, 0.717) is 12.8 Å². The van der Waals surface area contributed by atoms with E-state index in [1.54, 1.807) is 6.20 Å². The summed E-state index contributed by atoms with van der Waals surface area (Å²) in [5.41, 5.74) is 6.75. The van der Waals surface area contributed by atoms with Gasteiger partial charge < -0.3 is 15.8 Å². The summed E-state index contributed by atoms with van der Waals surface area (Å²) in [5.74, 6) is 0.135. The quantitative estimate of drug-likeness (QED) is 0.702. The Balaban J connectivity index is 0.000000343. The van der Waals surface area contributed by atoms with E-state index in [4.69, 9.17) is 5.73 Å². The fraction of sp³-hybridized carbons (Fsp3) is 0.500. The van der Waals surface area contributed by atoms with Crippen molar-refractivity contribution in [3.05, 3.63) is 42.1 Å². The Morgan fingerprint density at radius 3 is 2.43 bits per heavy atom. The van der Waals surface area contributed by atoms with Crippen LogP contribution in [0.25, 0.3) is 11.3 Å². The minimum atomic E-state index is -1.58. The highest BCUT2D eigenvalue weighted by molar-refractivity contribution is 5.82. The number of hydrogen-bond acceptors (Lipinski definition) is 5. The summed E-state index contributed by atoms with van der Waals surface area (Å²) >= 11 is 0. The van der Waals surface area contributed by atoms with Crippen LogP contribution in [0.5, 0.6) is 0 Å². The first kappa shape index (κ1) is 23.7. The number of aryl methyl sites for hydroxylation is 1. The van der Waals surface area contributed by atoms with Gasteiger partial charge in [-0.1, -0.05) is 24.3 Å². The number of nitrogens with one attached hydrogen (secondary N) is 1. The van der Waals surface area contributed by atoms with E-state index >= 15 is 0 Å². The van der Waals surface area contributed by atoms with Crippen molar-refractivity contribution in [2.45, 2.75) is 51.0 Å². The second-order valence-electron chi connectivity index (χ2n) is 8.12. The van der Waals surface area contributed by atoms with Crippen molar-refractivity contribution in [2.75, 3.05) is 13.6 Å². The average Bonchev–Trinajstić information content (AvgIpc) is 3.33. The molecule has 1 fully saturated rings. The summed E-state index contributed by atoms with van der Waals surface area (Å²) in [6.45, 7) is 4.13. The van der Waals surface area contributed by atoms with Crippen molar-refractivity contribution in [3.8, 4) is 11.3 Å². The van der Waals surface area contributed by atoms with Crippen molar-refractivity contribution in [3.63, 3.8) is 0 Å². The van der Waals surface area contributed by atoms with Crippen LogP contribution in [0.3, 0.4) is 0 Å². The van der Waals surface area contributed by atoms with Gasteiger partial charge in [0.15, 0.2) is 0 Å². The van der Waals surface area contributed by atoms with Gasteiger partial charge in [0.2, 0.25) is 5.91 Å². The third kappa shape index (κ3) is 6.47. The van der Waals surface area contributed by atoms with Crippen LogP contribution in [0.4, 0.5) is 4.39 Å². The van der Waals surface area contributed by atoms with Crippen molar-refractivity contribution >= 4 is 12.2 Å². The van der Waals surface area contributed by atoms with Crippen molar-refractivity contribution in [1.29, 1.82) is 0 Å². The number of halogens is 1. The SMILES string of the molecule is CC(C)(F)C(N)C=O.CN1CCCC1C(=O)NCc1ccc(-c2ccnn2C)cc1. The van der Waals surface area contributed by atoms with Crippen LogP contribution in [0, 0.1) is 0 Å². The highest BCUT2D eigenvalue weighted by atomic mass is 19.1. The number of nitrogens with zero attached hydrogens (tertiary/aromatic N) is 3. The molecule has 1 saturated heterocycles. The van der Waals surface area contributed by atoms with Gasteiger partial charge >= 0.3 is 0 Å². The molecule has 30 heavy (non-hydrogen) atoms. The Morgan fingerprint density at radius 1 is 1.33 bits per heavy atom. The molecule has 1 amide bonds. The topological polar surface area (TPSA) is 93.2 Å². The highest BCUT2D eigenvalue weighted by Crippen LogP contribution is 2.19. The smallest absolute Gasteiger partial charge is 0.237 e. The molecule has 0 saturated carbocycles. The zero-order valence-electron chi connectivity index (χ0n) is 18.1. The summed E-state index contributed by atoms with van der Waals surface area (Å²) in [6.07, 6.45) is 4.26. The molecule has 8 heteroatoms. The van der Waals surface area contributed by atoms with Crippen LogP contribution in [0.2, 0.25) is 0 Å². The van der Waals surface area contributed by atoms with Crippen molar-refractivity contribution in [1.82, 2.24) is 20.0 Å². The van der Waals surface area contributed by atoms with Gasteiger partial charge in [-0.05, 0) is 57.5 Å². The number of aromatic nitrogens is 2. The van der Waals surface area contributed by atoms with Crippen LogP contribution in [0.15, 0.2) is 36.5 Å². The van der Waals surface area contributed by atoms with Gasteiger partial charge in [0.1, 0.15) is 12.0 Å². The predicted octanol–water partition coefficient (Wildman–Crippen LogP) is 2.06. The van der Waals surface area contributed by atoms with Crippen LogP contribution >= 0.6 is 0 Å². The molecule has 0 radical (unpaired) electrons. The van der Waals surface area contributed by atoms with Crippen LogP contribution < -0.4 is 11.1 Å². The van der Waals surface area contributed by atoms with E-state index in [1.807, 2.05) is 24.8 Å². The highest BCUT2D eigenvalue weighted by Gasteiger charge is 2.27. The average molecular weight is 418 g/mol. The number of carbonyl (C=O) groups excluding carboxylic acids is 2. The molecule has 7 nitrogen and oxygen atoms in total. The number of likely N-dealkylation sites (tertiary alicyclic amines) is 1. The lowest BCUT2D eigenvalue weighted by Gasteiger charge is -2.18. The van der Waals surface area contributed by atoms with E-state index in [1.165, 1.54) is 13.8 Å². The molecule has 0 aliphatic carbocycles. The minimum Gasteiger partial charge on any atom is -0.351 e. The van der Waals surface area contributed by atoms with E-state index in [2.05, 4.69) is 39.6 Å². The fourth-order valence-electron chi connectivity index (χ4n) is 3.16. The summed E-state index contributed by atoms with van der Waals surface area (Å²) in [7, 11) is 3.95. The largest absolute Gasteiger partial charge is 0.351 e. The second kappa shape index (κ2) is 10.4. The number of likely N-dealkylation sites (N-methyl/N-ethyl adjacent to an activating group) is 1. The summed E-state index contributed by atoms with van der Waals surface area (Å²) in [5, 5.41) is 7.22. The molecule has 2 aromatic rings. The van der Waals surface area contributed by atoms with Crippen LogP contribution in [-0.2, 0) is 23.2 Å². The number of rotatable bonds is 6. The molecular formula is C22H32FN5O2. The van der Waals surface area contributed by atoms with Crippen LogP contribution in [-0.4, -0.2) is 58.2 Å². The number of aldehydes is 1. The number of alkyl halides is 1. The molecule has 1 aliphatic rings. The van der Waals surface area contributed by atoms with Gasteiger partial charge in [0.25, 0.3) is 0 Å². The molecule has 1 aliphatic heterocycles. The lowest BCUT2D eigenvalue weighted by molar-refractivity contribution is -0.125. The first-order valence-electron chi connectivity index (χ1n) is 10.1. The maximum Gasteiger partial charge on any atom is 0.237 e. The van der Waals surface area contributed by atoms with Crippen molar-refractivity contribution < 1.29 is 14.0 Å². The molecule has 3 rings (SSSR count). The standard InChI is InChI=1S/C17H22N4O.C5H10FNO/c1-20-11-3-4-16(20)17(22)18-12-13-5-7-14(8-6-13)15-9-10-19-21(15)2;1-5(2,6)4(7)3-8/h5-10,16H,3-4,11-12H2,1-2H3,(H,18,22);3-4H,7H2,1-2H3. The minimum absolute atomic E-state index is 0.0358. The lowest BCUT2D eigenvalue weighted by atomic mass is 10.0. The molecule has 0 bridgehead atoms. The maximum absolute atomic E-state index is 12.4. The molecule has 1 aromatic heterocycles. The van der Waals surface area contributed by atoms with Gasteiger partial charge in [-0.15, -0.1) is 0 Å². The lowest BCUT2D eigenvalue weighted by Crippen LogP contribution is -2.41. The van der Waals surface area contributed by atoms with Crippen molar-refractivity contribution in [2.24, 2.45) is 12.8 Å². The molecule has 164 valence electrons. The predicted molar refractivity (Wildman–Crippen MR) is 115 cm³/mol. The normalized spacial score (nSPS) is 17.7. The van der Waals surface area contributed by atoms with Gasteiger partial charge in [-0.3, -0.25) is 14.4 Å². The van der Waals surface area contributed by atoms with E-state index < -0.39 is 11.7 Å². The number of hydrogen-bond donors (Lipinski definition) is 2. The first-order valence-corrected chi connectivity index (χ1v) is 10.1. The summed E-state index contributed by atoms with van der Waals surface area (Å²) < 4.78 is 14.3. The second-order valence-corrected chi connectivity index (χ2v) is 8.12. The van der Waals surface area contributed by atoms with E-state index in [-0.39, 0.29) is 11.9 Å². The first-order chi connectivity index (χ1) is 14.1. The van der Waals surface area contributed by atoms with Gasteiger partial charge in [0.05, 0.1) is 17.8 Å². The molecular weight excluding hydrogens is 385 g/mol. The zero-order chi connectivity index (χ0) is 22.3. The Morgan fingerprint density at radius 2 is 2.00 bits per heavy atom. The Bertz CT molecular complexity index is 829. The number of benzene rings is 1. The molecule has 2 atom stereocenters. The van der Waals surface area contributed by atoms with E-state index in [0.717, 1.165) is 36.2 Å². The van der Waals surface area contributed by atoms with Crippen LogP contribution in [0.1, 0.15) is 32.3 Å². The van der Waals surface area contributed by atoms with Gasteiger partial charge in [-0.2, -0.15) is 5.10 Å². The Kier molecular flexibility index (Phi) is 8.25. The summed E-state index contributed by atoms with van der Waals surface area (Å²) in [4.78, 5) is 24.1. The third-order valence-corrected chi connectivity index (χ3v) is 5.30. The third-order valence-electron chi connectivity index (χ3n) is 5.30. The molecule has 3 N–H and O–H groups in total. The fourth-order valence-corrected chi connectivity index (χ4v) is 3.16. The number of amides is 1. The number of carbonyl (C=O) groups is 2. The summed E-state index contributed by atoms with van der Waals surface area (Å²) in [6, 6.07) is 9.28. The Hall–Kier alpha value is -2.58. The number of nitrogens with two attached hydrogens (primary N) is 1. The van der Waals surface area contributed by atoms with E-state index in [9.17, 15) is 14.0 Å². The molecule has 2 heterocycles. The monoisotopic (exact) mass is 417 g/mol. The van der Waals surface area contributed by atoms with Gasteiger partial charge in [0, 0.05) is 19.8 Å². The zero-order valence-corrected chi connectivity index (χ0v) is 18.1. The Labute approximate surface area is 177 Å². The molecule has 2 unspecified atom stereocenters.